The van der Waals surface area contributed by atoms with Gasteiger partial charge in [0, 0.05) is 67.1 Å². The molecule has 0 aliphatic carbocycles. The second-order valence-corrected chi connectivity index (χ2v) is 17.4. The molecule has 338 valence electrons. The molecular weight excluding hydrogens is 946 g/mol. The number of hydrogen-bond donors (Lipinski definition) is 0. The normalized spacial score (nSPS) is 12.2. The van der Waals surface area contributed by atoms with Crippen molar-refractivity contribution in [1.82, 2.24) is 39.9 Å². The molecule has 0 fully saturated rings. The fourth-order valence-electron chi connectivity index (χ4n) is 9.82. The summed E-state index contributed by atoms with van der Waals surface area (Å²) in [5.41, 5.74) is 15.8. The minimum Gasteiger partial charge on any atom is -0.357 e. The predicted molar refractivity (Wildman–Crippen MR) is 288 cm³/mol. The Morgan fingerprint density at radius 3 is 0.534 bits per heavy atom. The molecule has 0 spiro atoms. The van der Waals surface area contributed by atoms with Crippen LogP contribution in [-0.4, -0.2) is 29.9 Å². The van der Waals surface area contributed by atoms with Crippen LogP contribution in [-0.2, 0) is 19.5 Å². The smallest absolute Gasteiger partial charge is 0.357 e. The van der Waals surface area contributed by atoms with Crippen molar-refractivity contribution in [2.75, 3.05) is 0 Å². The predicted octanol–water partition coefficient (Wildman–Crippen LogP) is 13.8. The van der Waals surface area contributed by atoms with Gasteiger partial charge in [0.1, 0.15) is 0 Å². The van der Waals surface area contributed by atoms with E-state index in [0.29, 0.717) is 45.9 Å². The second kappa shape index (κ2) is 19.5. The summed E-state index contributed by atoms with van der Waals surface area (Å²) in [5.74, 6) is 1.83. The number of hydrogen-bond acceptors (Lipinski definition) is 6. The van der Waals surface area contributed by atoms with Gasteiger partial charge < -0.3 is 29.9 Å². The average molecular weight is 986 g/mol. The first-order chi connectivity index (χ1) is 35.7. The van der Waals surface area contributed by atoms with Crippen molar-refractivity contribution in [2.45, 2.75) is 0 Å². The maximum Gasteiger partial charge on any atom is 2.00 e. The average Bonchev–Trinajstić information content (AvgIpc) is 4.20. The van der Waals surface area contributed by atoms with Gasteiger partial charge >= 0.3 is 19.5 Å². The van der Waals surface area contributed by atoms with Gasteiger partial charge in [-0.25, -0.2) is 9.97 Å². The van der Waals surface area contributed by atoms with Gasteiger partial charge in [-0.3, -0.25) is 0 Å². The van der Waals surface area contributed by atoms with Gasteiger partial charge in [-0.15, -0.1) is 0 Å². The van der Waals surface area contributed by atoms with Crippen molar-refractivity contribution in [1.29, 1.82) is 0 Å². The Morgan fingerprint density at radius 1 is 0.192 bits per heavy atom. The molecule has 0 N–H and O–H groups in total. The minimum absolute atomic E-state index is 0. The minimum atomic E-state index is 0. The zero-order chi connectivity index (χ0) is 47.8. The van der Waals surface area contributed by atoms with Crippen LogP contribution in [0.25, 0.3) is 89.4 Å². The van der Waals surface area contributed by atoms with E-state index in [1.54, 1.807) is 0 Å². The van der Waals surface area contributed by atoms with Gasteiger partial charge in [0.15, 0.2) is 0 Å². The molecular formula is C64H40N8Zn. The molecule has 11 aromatic rings. The van der Waals surface area contributed by atoms with Gasteiger partial charge in [0.25, 0.3) is 0 Å². The van der Waals surface area contributed by atoms with Crippen molar-refractivity contribution in [3.05, 3.63) is 288 Å². The van der Waals surface area contributed by atoms with Gasteiger partial charge in [-0.2, -0.15) is 0 Å². The van der Waals surface area contributed by atoms with Crippen molar-refractivity contribution in [3.63, 3.8) is 0 Å². The Bertz CT molecular complexity index is 3510. The topological polar surface area (TPSA) is 106 Å². The standard InChI is InChI=1S/C64H40N8.Zn/c1-9-25-41(26-10-1)49-50(42-27-11-2-12-28-42)58-65-57(49)69-59-51(43-29-13-3-14-30-43)52(44-31-15-4-16-32-44)61(66-59)71-63-55(47-37-21-7-22-38-47)56(48-39-23-8-24-40-48)64(68-63)72-62-54(46-35-19-6-20-36-46)53(60(67-62)70-58)45-33-17-5-18-34-45;/h1-40H;/q-2;+2. The molecule has 8 bridgehead atoms. The zero-order valence-corrected chi connectivity index (χ0v) is 42.3. The molecule has 0 radical (unpaired) electrons. The first-order valence-electron chi connectivity index (χ1n) is 23.9. The van der Waals surface area contributed by atoms with Crippen LogP contribution in [0, 0.1) is 0 Å². The third-order valence-corrected chi connectivity index (χ3v) is 13.0. The zero-order valence-electron chi connectivity index (χ0n) is 39.4. The Labute approximate surface area is 434 Å². The van der Waals surface area contributed by atoms with E-state index in [-0.39, 0.29) is 19.5 Å². The Morgan fingerprint density at radius 2 is 0.356 bits per heavy atom. The molecule has 0 unspecified atom stereocenters. The summed E-state index contributed by atoms with van der Waals surface area (Å²) < 4.78 is 0. The molecule has 2 aliphatic rings. The fraction of sp³-hybridized carbons (Fsp3) is 0. The van der Waals surface area contributed by atoms with E-state index in [4.69, 9.17) is 39.9 Å². The third-order valence-electron chi connectivity index (χ3n) is 13.0. The molecule has 13 rings (SSSR count). The summed E-state index contributed by atoms with van der Waals surface area (Å²) in [6.45, 7) is 0. The van der Waals surface area contributed by atoms with Crippen LogP contribution in [0.3, 0.4) is 0 Å². The van der Waals surface area contributed by atoms with Crippen LogP contribution in [0.15, 0.2) is 243 Å². The SMILES string of the molecule is [Zn+2].c1ccc(C2=C(c3ccccc3)c3nc2nc2[n-]c(nc4nc(nc5[n-]c(n3)c(-c3ccccc3)c5-c3ccccc3)C(c3ccccc3)=C4c3ccccc3)c(-c3ccccc3)c2-c2ccccc2)cc1. The van der Waals surface area contributed by atoms with Crippen molar-refractivity contribution in [2.24, 2.45) is 0 Å². The number of nitrogens with zero attached hydrogens (tertiary/aromatic N) is 8. The summed E-state index contributed by atoms with van der Waals surface area (Å²) in [5, 5.41) is 0. The van der Waals surface area contributed by atoms with Gasteiger partial charge in [0.05, 0.1) is 23.3 Å². The summed E-state index contributed by atoms with van der Waals surface area (Å²) in [7, 11) is 0. The number of benzene rings is 8. The summed E-state index contributed by atoms with van der Waals surface area (Å²) >= 11 is 0. The fourth-order valence-corrected chi connectivity index (χ4v) is 9.82. The van der Waals surface area contributed by atoms with Crippen LogP contribution in [0.2, 0.25) is 0 Å². The molecule has 0 amide bonds. The maximum absolute atomic E-state index is 5.58. The second-order valence-electron chi connectivity index (χ2n) is 17.4. The van der Waals surface area contributed by atoms with E-state index in [9.17, 15) is 0 Å². The van der Waals surface area contributed by atoms with Crippen molar-refractivity contribution >= 4 is 44.9 Å². The van der Waals surface area contributed by atoms with E-state index in [0.717, 1.165) is 89.1 Å². The molecule has 8 aromatic carbocycles. The number of rotatable bonds is 8. The van der Waals surface area contributed by atoms with Gasteiger partial charge in [0.2, 0.25) is 0 Å². The van der Waals surface area contributed by atoms with E-state index >= 15 is 0 Å². The molecule has 8 nitrogen and oxygen atoms in total. The summed E-state index contributed by atoms with van der Waals surface area (Å²) in [4.78, 5) is 44.2. The summed E-state index contributed by atoms with van der Waals surface area (Å²) in [6.07, 6.45) is 0. The largest absolute Gasteiger partial charge is 2.00 e. The molecule has 2 aliphatic heterocycles. The Hall–Kier alpha value is -9.30. The van der Waals surface area contributed by atoms with Crippen LogP contribution in [0.4, 0.5) is 0 Å². The molecule has 0 atom stereocenters. The molecule has 0 saturated carbocycles. The van der Waals surface area contributed by atoms with Crippen LogP contribution in [0.5, 0.6) is 0 Å². The number of fused-ring (bicyclic) bond motifs is 8. The summed E-state index contributed by atoms with van der Waals surface area (Å²) in [6, 6.07) is 82.2. The van der Waals surface area contributed by atoms with E-state index in [1.807, 2.05) is 146 Å². The van der Waals surface area contributed by atoms with Crippen LogP contribution < -0.4 is 9.97 Å². The Kier molecular flexibility index (Phi) is 12.0. The van der Waals surface area contributed by atoms with E-state index in [1.165, 1.54) is 0 Å². The maximum atomic E-state index is 5.58. The monoisotopic (exact) mass is 984 g/mol. The molecule has 5 heterocycles. The third kappa shape index (κ3) is 8.31. The van der Waals surface area contributed by atoms with Crippen LogP contribution in [0.1, 0.15) is 45.6 Å². The van der Waals surface area contributed by atoms with Crippen LogP contribution >= 0.6 is 0 Å². The quantitative estimate of drug-likeness (QED) is 0.139. The van der Waals surface area contributed by atoms with Gasteiger partial charge in [-0.1, -0.05) is 243 Å². The van der Waals surface area contributed by atoms with Crippen molar-refractivity contribution < 1.29 is 19.5 Å². The van der Waals surface area contributed by atoms with Crippen molar-refractivity contribution in [3.8, 4) is 44.5 Å². The molecule has 3 aromatic heterocycles. The first-order valence-corrected chi connectivity index (χ1v) is 23.9. The molecule has 0 saturated heterocycles. The van der Waals surface area contributed by atoms with E-state index < -0.39 is 0 Å². The van der Waals surface area contributed by atoms with Gasteiger partial charge in [-0.05, 0) is 44.5 Å². The van der Waals surface area contributed by atoms with E-state index in [2.05, 4.69) is 97.1 Å². The molecule has 9 heteroatoms. The Balaban J connectivity index is 0.00000543. The molecule has 73 heavy (non-hydrogen) atoms. The number of aromatic nitrogens is 8. The first kappa shape index (κ1) is 44.9.